The molecule has 0 aliphatic heterocycles. The summed E-state index contributed by atoms with van der Waals surface area (Å²) in [5.74, 6) is 0.452. The standard InChI is InChI=1S/C22H36O3/c1-16(2)13-17(3)9-11-21(4,5)15-22(6,25)12-10-18-7-8-19(23)20(24)14-18/h7-9,14,16,23-25H,10-13,15H2,1-6H3. The second kappa shape index (κ2) is 8.75. The van der Waals surface area contributed by atoms with Crippen molar-refractivity contribution < 1.29 is 15.3 Å². The van der Waals surface area contributed by atoms with Crippen LogP contribution in [0.25, 0.3) is 0 Å². The summed E-state index contributed by atoms with van der Waals surface area (Å²) in [5, 5.41) is 29.8. The molecule has 0 fully saturated rings. The second-order valence-electron chi connectivity index (χ2n) is 9.01. The van der Waals surface area contributed by atoms with Crippen LogP contribution in [0, 0.1) is 11.3 Å². The zero-order chi connectivity index (χ0) is 19.3. The smallest absolute Gasteiger partial charge is 0.157 e. The highest BCUT2D eigenvalue weighted by molar-refractivity contribution is 5.40. The SMILES string of the molecule is CC(=CCC(C)(C)CC(C)(O)CCc1ccc(O)c(O)c1)CC(C)C. The number of rotatable bonds is 9. The van der Waals surface area contributed by atoms with E-state index in [0.717, 1.165) is 24.8 Å². The Bertz CT molecular complexity index is 583. The highest BCUT2D eigenvalue weighted by Gasteiger charge is 2.29. The zero-order valence-electron chi connectivity index (χ0n) is 16.8. The average Bonchev–Trinajstić information content (AvgIpc) is 2.45. The van der Waals surface area contributed by atoms with Crippen molar-refractivity contribution >= 4 is 0 Å². The van der Waals surface area contributed by atoms with E-state index >= 15 is 0 Å². The van der Waals surface area contributed by atoms with Crippen molar-refractivity contribution in [2.75, 3.05) is 0 Å². The van der Waals surface area contributed by atoms with Crippen molar-refractivity contribution in [1.29, 1.82) is 0 Å². The fraction of sp³-hybridized carbons (Fsp3) is 0.636. The normalized spacial score (nSPS) is 15.4. The lowest BCUT2D eigenvalue weighted by Crippen LogP contribution is -2.32. The first-order valence-electron chi connectivity index (χ1n) is 9.29. The molecule has 0 saturated heterocycles. The monoisotopic (exact) mass is 348 g/mol. The quantitative estimate of drug-likeness (QED) is 0.403. The first-order valence-corrected chi connectivity index (χ1v) is 9.29. The summed E-state index contributed by atoms with van der Waals surface area (Å²) < 4.78 is 0. The van der Waals surface area contributed by atoms with Gasteiger partial charge in [0.2, 0.25) is 0 Å². The van der Waals surface area contributed by atoms with Crippen molar-refractivity contribution in [3.63, 3.8) is 0 Å². The molecule has 1 aromatic rings. The number of hydrogen-bond acceptors (Lipinski definition) is 3. The van der Waals surface area contributed by atoms with Crippen molar-refractivity contribution in [2.45, 2.75) is 79.2 Å². The molecule has 1 rings (SSSR count). The van der Waals surface area contributed by atoms with Gasteiger partial charge < -0.3 is 15.3 Å². The molecule has 0 spiro atoms. The van der Waals surface area contributed by atoms with Crippen molar-refractivity contribution in [3.8, 4) is 11.5 Å². The first kappa shape index (κ1) is 21.6. The van der Waals surface area contributed by atoms with Gasteiger partial charge in [-0.3, -0.25) is 0 Å². The number of aromatic hydroxyl groups is 2. The van der Waals surface area contributed by atoms with Gasteiger partial charge in [-0.05, 0) is 75.0 Å². The van der Waals surface area contributed by atoms with Crippen LogP contribution in [0.15, 0.2) is 29.8 Å². The molecule has 0 amide bonds. The highest BCUT2D eigenvalue weighted by Crippen LogP contribution is 2.35. The van der Waals surface area contributed by atoms with E-state index in [1.807, 2.05) is 6.92 Å². The summed E-state index contributed by atoms with van der Waals surface area (Å²) in [7, 11) is 0. The number of aliphatic hydroxyl groups is 1. The van der Waals surface area contributed by atoms with Crippen molar-refractivity contribution in [1.82, 2.24) is 0 Å². The summed E-state index contributed by atoms with van der Waals surface area (Å²) in [6.07, 6.45) is 6.40. The molecule has 1 atom stereocenters. The Labute approximate surface area is 153 Å². The Kier molecular flexibility index (Phi) is 7.55. The van der Waals surface area contributed by atoms with E-state index in [9.17, 15) is 15.3 Å². The number of allylic oxidation sites excluding steroid dienone is 2. The Morgan fingerprint density at radius 2 is 1.76 bits per heavy atom. The second-order valence-corrected chi connectivity index (χ2v) is 9.01. The molecular formula is C22H36O3. The molecule has 142 valence electrons. The maximum atomic E-state index is 10.8. The van der Waals surface area contributed by atoms with E-state index in [4.69, 9.17) is 0 Å². The molecule has 3 N–H and O–H groups in total. The summed E-state index contributed by atoms with van der Waals surface area (Å²) in [4.78, 5) is 0. The van der Waals surface area contributed by atoms with Gasteiger partial charge in [-0.2, -0.15) is 0 Å². The third-order valence-electron chi connectivity index (χ3n) is 4.58. The Hall–Kier alpha value is -1.48. The van der Waals surface area contributed by atoms with Crippen LogP contribution in [0.3, 0.4) is 0 Å². The van der Waals surface area contributed by atoms with Crippen LogP contribution in [-0.2, 0) is 6.42 Å². The van der Waals surface area contributed by atoms with Crippen LogP contribution < -0.4 is 0 Å². The lowest BCUT2D eigenvalue weighted by atomic mass is 9.76. The van der Waals surface area contributed by atoms with Crippen LogP contribution in [-0.4, -0.2) is 20.9 Å². The van der Waals surface area contributed by atoms with E-state index < -0.39 is 5.60 Å². The fourth-order valence-electron chi connectivity index (χ4n) is 3.51. The summed E-state index contributed by atoms with van der Waals surface area (Å²) in [6, 6.07) is 4.84. The molecule has 3 nitrogen and oxygen atoms in total. The molecule has 0 aliphatic carbocycles. The van der Waals surface area contributed by atoms with Gasteiger partial charge in [0, 0.05) is 0 Å². The zero-order valence-corrected chi connectivity index (χ0v) is 16.8. The molecule has 0 bridgehead atoms. The van der Waals surface area contributed by atoms with Crippen LogP contribution >= 0.6 is 0 Å². The van der Waals surface area contributed by atoms with Crippen molar-refractivity contribution in [3.05, 3.63) is 35.4 Å². The van der Waals surface area contributed by atoms with Gasteiger partial charge in [0.25, 0.3) is 0 Å². The maximum absolute atomic E-state index is 10.8. The van der Waals surface area contributed by atoms with E-state index in [0.29, 0.717) is 18.8 Å². The van der Waals surface area contributed by atoms with E-state index in [2.05, 4.69) is 40.7 Å². The fourth-order valence-corrected chi connectivity index (χ4v) is 3.51. The Morgan fingerprint density at radius 1 is 1.12 bits per heavy atom. The highest BCUT2D eigenvalue weighted by atomic mass is 16.3. The molecule has 0 aromatic heterocycles. The topological polar surface area (TPSA) is 60.7 Å². The minimum atomic E-state index is -0.767. The van der Waals surface area contributed by atoms with Gasteiger partial charge in [0.15, 0.2) is 11.5 Å². The Balaban J connectivity index is 2.60. The predicted octanol–water partition coefficient (Wildman–Crippen LogP) is 5.58. The largest absolute Gasteiger partial charge is 0.504 e. The van der Waals surface area contributed by atoms with Gasteiger partial charge in [0.05, 0.1) is 5.60 Å². The number of phenols is 2. The Morgan fingerprint density at radius 3 is 2.32 bits per heavy atom. The number of hydrogen-bond donors (Lipinski definition) is 3. The van der Waals surface area contributed by atoms with Gasteiger partial charge in [-0.1, -0.05) is 45.4 Å². The van der Waals surface area contributed by atoms with Crippen LogP contribution in [0.5, 0.6) is 11.5 Å². The van der Waals surface area contributed by atoms with Crippen molar-refractivity contribution in [2.24, 2.45) is 11.3 Å². The minimum absolute atomic E-state index is 0.0266. The van der Waals surface area contributed by atoms with Crippen LogP contribution in [0.2, 0.25) is 0 Å². The molecule has 0 radical (unpaired) electrons. The summed E-state index contributed by atoms with van der Waals surface area (Å²) in [6.45, 7) is 12.9. The van der Waals surface area contributed by atoms with Gasteiger partial charge in [-0.25, -0.2) is 0 Å². The summed E-state index contributed by atoms with van der Waals surface area (Å²) >= 11 is 0. The molecule has 3 heteroatoms. The van der Waals surface area contributed by atoms with E-state index in [1.54, 1.807) is 12.1 Å². The molecule has 25 heavy (non-hydrogen) atoms. The van der Waals surface area contributed by atoms with Gasteiger partial charge >= 0.3 is 0 Å². The lowest BCUT2D eigenvalue weighted by Gasteiger charge is -2.33. The first-order chi connectivity index (χ1) is 11.4. The molecule has 1 unspecified atom stereocenters. The average molecular weight is 349 g/mol. The number of aryl methyl sites for hydroxylation is 1. The number of benzene rings is 1. The van der Waals surface area contributed by atoms with Gasteiger partial charge in [-0.15, -0.1) is 0 Å². The van der Waals surface area contributed by atoms with Gasteiger partial charge in [0.1, 0.15) is 0 Å². The summed E-state index contributed by atoms with van der Waals surface area (Å²) in [5.41, 5.74) is 1.60. The minimum Gasteiger partial charge on any atom is -0.504 e. The van der Waals surface area contributed by atoms with E-state index in [1.165, 1.54) is 11.6 Å². The van der Waals surface area contributed by atoms with E-state index in [-0.39, 0.29) is 16.9 Å². The third kappa shape index (κ3) is 8.44. The molecule has 0 saturated carbocycles. The number of phenolic OH excluding ortho intramolecular Hbond substituents is 2. The molecular weight excluding hydrogens is 312 g/mol. The lowest BCUT2D eigenvalue weighted by molar-refractivity contribution is 0.00786. The molecule has 1 aromatic carbocycles. The predicted molar refractivity (Wildman–Crippen MR) is 105 cm³/mol. The molecule has 0 heterocycles. The maximum Gasteiger partial charge on any atom is 0.157 e. The van der Waals surface area contributed by atoms with Crippen LogP contribution in [0.1, 0.15) is 72.8 Å². The van der Waals surface area contributed by atoms with Crippen LogP contribution in [0.4, 0.5) is 0 Å². The molecule has 0 aliphatic rings. The third-order valence-corrected chi connectivity index (χ3v) is 4.58.